The summed E-state index contributed by atoms with van der Waals surface area (Å²) in [6, 6.07) is 0. The van der Waals surface area contributed by atoms with Crippen molar-refractivity contribution in [1.82, 2.24) is 0 Å². The van der Waals surface area contributed by atoms with Gasteiger partial charge in [-0.15, -0.1) is 0 Å². The standard InChI is InChI=1S/C57H104O6/c1-4-7-10-13-16-19-22-25-27-28-29-30-31-33-35-38-41-44-47-50-56(59)62-53-54(52-61-55(58)49-46-43-40-37-34-24-21-18-15-12-9-6-3)63-57(60)51-48-45-42-39-36-32-26-23-20-17-14-11-8-5-2/h18,21,23,25-27,54H,4-17,19-20,22,24,28-53H2,1-3H3/b21-18-,26-23-,27-25-. The van der Waals surface area contributed by atoms with E-state index in [4.69, 9.17) is 14.2 Å². The van der Waals surface area contributed by atoms with E-state index < -0.39 is 6.10 Å². The number of hydrogen-bond donors (Lipinski definition) is 0. The maximum absolute atomic E-state index is 12.8. The fraction of sp³-hybridized carbons (Fsp3) is 0.842. The molecule has 6 heteroatoms. The summed E-state index contributed by atoms with van der Waals surface area (Å²) in [4.78, 5) is 38.0. The molecule has 0 aromatic rings. The van der Waals surface area contributed by atoms with Crippen LogP contribution in [0.1, 0.15) is 290 Å². The van der Waals surface area contributed by atoms with E-state index in [1.165, 1.54) is 180 Å². The van der Waals surface area contributed by atoms with Crippen LogP contribution >= 0.6 is 0 Å². The van der Waals surface area contributed by atoms with Crippen molar-refractivity contribution in [3.8, 4) is 0 Å². The summed E-state index contributed by atoms with van der Waals surface area (Å²) in [5.74, 6) is -0.886. The summed E-state index contributed by atoms with van der Waals surface area (Å²) in [6.07, 6.45) is 61.3. The topological polar surface area (TPSA) is 78.9 Å². The molecule has 0 aromatic heterocycles. The fourth-order valence-electron chi connectivity index (χ4n) is 7.90. The first-order valence-electron chi connectivity index (χ1n) is 27.5. The molecule has 0 bridgehead atoms. The fourth-order valence-corrected chi connectivity index (χ4v) is 7.90. The number of carbonyl (C=O) groups is 3. The van der Waals surface area contributed by atoms with Crippen molar-refractivity contribution in [2.75, 3.05) is 13.2 Å². The smallest absolute Gasteiger partial charge is 0.306 e. The van der Waals surface area contributed by atoms with Crippen LogP contribution in [0.15, 0.2) is 36.5 Å². The van der Waals surface area contributed by atoms with Gasteiger partial charge in [0.25, 0.3) is 0 Å². The summed E-state index contributed by atoms with van der Waals surface area (Å²) < 4.78 is 16.8. The number of carbonyl (C=O) groups excluding carboxylic acids is 3. The van der Waals surface area contributed by atoms with Crippen molar-refractivity contribution >= 4 is 17.9 Å². The molecule has 368 valence electrons. The van der Waals surface area contributed by atoms with E-state index in [2.05, 4.69) is 57.2 Å². The van der Waals surface area contributed by atoms with Gasteiger partial charge < -0.3 is 14.2 Å². The maximum atomic E-state index is 12.8. The minimum atomic E-state index is -0.778. The van der Waals surface area contributed by atoms with Gasteiger partial charge in [0.05, 0.1) is 0 Å². The molecule has 0 heterocycles. The molecule has 0 saturated carbocycles. The summed E-state index contributed by atoms with van der Waals surface area (Å²) in [6.45, 7) is 6.61. The molecule has 0 amide bonds. The van der Waals surface area contributed by atoms with E-state index >= 15 is 0 Å². The highest BCUT2D eigenvalue weighted by atomic mass is 16.6. The van der Waals surface area contributed by atoms with E-state index in [9.17, 15) is 14.4 Å². The van der Waals surface area contributed by atoms with E-state index in [0.717, 1.165) is 70.6 Å². The van der Waals surface area contributed by atoms with Crippen LogP contribution in [0, 0.1) is 0 Å². The molecule has 6 nitrogen and oxygen atoms in total. The summed E-state index contributed by atoms with van der Waals surface area (Å²) in [7, 11) is 0. The molecule has 1 atom stereocenters. The number of esters is 3. The second-order valence-electron chi connectivity index (χ2n) is 18.5. The molecule has 63 heavy (non-hydrogen) atoms. The zero-order valence-corrected chi connectivity index (χ0v) is 42.1. The lowest BCUT2D eigenvalue weighted by molar-refractivity contribution is -0.167. The molecule has 0 fully saturated rings. The van der Waals surface area contributed by atoms with Crippen molar-refractivity contribution in [2.45, 2.75) is 297 Å². The normalized spacial score (nSPS) is 12.2. The highest BCUT2D eigenvalue weighted by Crippen LogP contribution is 2.15. The third-order valence-electron chi connectivity index (χ3n) is 12.1. The first-order valence-corrected chi connectivity index (χ1v) is 27.5. The molecule has 0 aliphatic rings. The van der Waals surface area contributed by atoms with Crippen LogP contribution in [0.3, 0.4) is 0 Å². The molecule has 0 aromatic carbocycles. The molecule has 0 radical (unpaired) electrons. The minimum absolute atomic E-state index is 0.0773. The Morgan fingerprint density at radius 1 is 0.302 bits per heavy atom. The van der Waals surface area contributed by atoms with E-state index in [1.54, 1.807) is 0 Å². The summed E-state index contributed by atoms with van der Waals surface area (Å²) in [5, 5.41) is 0. The molecule has 0 aliphatic carbocycles. The van der Waals surface area contributed by atoms with Crippen molar-refractivity contribution in [3.63, 3.8) is 0 Å². The SMILES string of the molecule is CCCCC/C=C\CCCCCCCC(=O)OCC(COC(=O)CCCCCCCCCCC/C=C\CCCCCCCC)OC(=O)CCCCCCC/C=C\CCCCCCC. The van der Waals surface area contributed by atoms with Crippen molar-refractivity contribution in [2.24, 2.45) is 0 Å². The Kier molecular flexibility index (Phi) is 50.3. The van der Waals surface area contributed by atoms with Gasteiger partial charge in [-0.1, -0.05) is 211 Å². The van der Waals surface area contributed by atoms with Gasteiger partial charge >= 0.3 is 17.9 Å². The lowest BCUT2D eigenvalue weighted by Crippen LogP contribution is -2.30. The van der Waals surface area contributed by atoms with Crippen LogP contribution in [0.2, 0.25) is 0 Å². The average molecular weight is 885 g/mol. The lowest BCUT2D eigenvalue weighted by Gasteiger charge is -2.18. The Morgan fingerprint density at radius 3 is 0.825 bits per heavy atom. The van der Waals surface area contributed by atoms with Crippen molar-refractivity contribution < 1.29 is 28.6 Å². The maximum Gasteiger partial charge on any atom is 0.306 e. The van der Waals surface area contributed by atoms with Crippen LogP contribution in [-0.2, 0) is 28.6 Å². The Labute approximate surface area is 391 Å². The number of ether oxygens (including phenoxy) is 3. The van der Waals surface area contributed by atoms with Crippen LogP contribution in [0.25, 0.3) is 0 Å². The predicted octanol–water partition coefficient (Wildman–Crippen LogP) is 18.1. The van der Waals surface area contributed by atoms with Gasteiger partial charge in [-0.3, -0.25) is 14.4 Å². The number of unbranched alkanes of at least 4 members (excludes halogenated alkanes) is 33. The summed E-state index contributed by atoms with van der Waals surface area (Å²) >= 11 is 0. The van der Waals surface area contributed by atoms with Crippen LogP contribution in [0.4, 0.5) is 0 Å². The van der Waals surface area contributed by atoms with Gasteiger partial charge in [0.2, 0.25) is 0 Å². The van der Waals surface area contributed by atoms with E-state index in [-0.39, 0.29) is 31.1 Å². The minimum Gasteiger partial charge on any atom is -0.462 e. The zero-order chi connectivity index (χ0) is 45.8. The van der Waals surface area contributed by atoms with Gasteiger partial charge in [-0.2, -0.15) is 0 Å². The van der Waals surface area contributed by atoms with Gasteiger partial charge in [0.15, 0.2) is 6.10 Å². The first kappa shape index (κ1) is 60.6. The number of hydrogen-bond acceptors (Lipinski definition) is 6. The molecular weight excluding hydrogens is 781 g/mol. The Morgan fingerprint density at radius 2 is 0.524 bits per heavy atom. The third-order valence-corrected chi connectivity index (χ3v) is 12.1. The van der Waals surface area contributed by atoms with Gasteiger partial charge in [0.1, 0.15) is 13.2 Å². The molecular formula is C57H104O6. The second-order valence-corrected chi connectivity index (χ2v) is 18.5. The zero-order valence-electron chi connectivity index (χ0n) is 42.1. The summed E-state index contributed by atoms with van der Waals surface area (Å²) in [5.41, 5.74) is 0. The molecule has 0 rings (SSSR count). The Hall–Kier alpha value is -2.37. The van der Waals surface area contributed by atoms with Crippen LogP contribution < -0.4 is 0 Å². The third kappa shape index (κ3) is 50.5. The Balaban J connectivity index is 4.33. The molecule has 0 aliphatic heterocycles. The van der Waals surface area contributed by atoms with Crippen molar-refractivity contribution in [3.05, 3.63) is 36.5 Å². The quantitative estimate of drug-likeness (QED) is 0.0262. The first-order chi connectivity index (χ1) is 31.0. The van der Waals surface area contributed by atoms with Crippen molar-refractivity contribution in [1.29, 1.82) is 0 Å². The van der Waals surface area contributed by atoms with Crippen LogP contribution in [0.5, 0.6) is 0 Å². The number of allylic oxidation sites excluding steroid dienone is 6. The molecule has 0 saturated heterocycles. The highest BCUT2D eigenvalue weighted by molar-refractivity contribution is 5.71. The van der Waals surface area contributed by atoms with E-state index in [1.807, 2.05) is 0 Å². The highest BCUT2D eigenvalue weighted by Gasteiger charge is 2.19. The number of rotatable bonds is 50. The van der Waals surface area contributed by atoms with Gasteiger partial charge in [-0.25, -0.2) is 0 Å². The molecule has 0 spiro atoms. The lowest BCUT2D eigenvalue weighted by atomic mass is 10.1. The largest absolute Gasteiger partial charge is 0.462 e. The molecule has 0 N–H and O–H groups in total. The Bertz CT molecular complexity index is 1060. The predicted molar refractivity (Wildman–Crippen MR) is 270 cm³/mol. The second kappa shape index (κ2) is 52.3. The van der Waals surface area contributed by atoms with E-state index in [0.29, 0.717) is 19.3 Å². The van der Waals surface area contributed by atoms with Crippen LogP contribution in [-0.4, -0.2) is 37.2 Å². The van der Waals surface area contributed by atoms with Gasteiger partial charge in [-0.05, 0) is 96.3 Å². The van der Waals surface area contributed by atoms with Gasteiger partial charge in [0, 0.05) is 19.3 Å². The average Bonchev–Trinajstić information content (AvgIpc) is 3.28. The molecule has 1 unspecified atom stereocenters. The monoisotopic (exact) mass is 885 g/mol.